The lowest BCUT2D eigenvalue weighted by molar-refractivity contribution is -0.0548. The maximum absolute atomic E-state index is 12.3. The quantitative estimate of drug-likeness (QED) is 0.391. The number of nitrogens with one attached hydrogen (secondary N) is 1. The summed E-state index contributed by atoms with van der Waals surface area (Å²) in [6.45, 7) is -0.489. The van der Waals surface area contributed by atoms with Gasteiger partial charge in [0.25, 0.3) is 5.56 Å². The normalized spacial score (nSPS) is 24.9. The molecule has 0 saturated carbocycles. The van der Waals surface area contributed by atoms with E-state index in [4.69, 9.17) is 22.1 Å². The van der Waals surface area contributed by atoms with Crippen molar-refractivity contribution in [2.75, 3.05) is 12.3 Å². The van der Waals surface area contributed by atoms with Crippen molar-refractivity contribution in [1.82, 2.24) is 19.5 Å². The molecular formula is C16H16ClN5O5S. The molecule has 10 nitrogen and oxygen atoms in total. The number of benzene rings is 1. The number of aliphatic hydroxyl groups excluding tert-OH is 3. The van der Waals surface area contributed by atoms with Crippen LogP contribution < -0.4 is 11.3 Å². The number of nitrogen functional groups attached to an aromatic ring is 1. The Kier molecular flexibility index (Phi) is 5.04. The van der Waals surface area contributed by atoms with Crippen LogP contribution >= 0.6 is 23.4 Å². The van der Waals surface area contributed by atoms with Crippen LogP contribution in [0, 0.1) is 0 Å². The zero-order valence-electron chi connectivity index (χ0n) is 14.2. The molecule has 4 rings (SSSR count). The number of imidazole rings is 1. The van der Waals surface area contributed by atoms with Gasteiger partial charge in [0.2, 0.25) is 5.95 Å². The van der Waals surface area contributed by atoms with Crippen molar-refractivity contribution in [2.45, 2.75) is 34.6 Å². The Balaban J connectivity index is 1.87. The molecule has 0 spiro atoms. The monoisotopic (exact) mass is 425 g/mol. The number of rotatable bonds is 4. The number of H-pyrrole nitrogens is 1. The number of nitrogens with two attached hydrogens (primary N) is 1. The molecule has 2 aromatic heterocycles. The smallest absolute Gasteiger partial charge is 0.280 e. The second kappa shape index (κ2) is 7.35. The molecule has 1 saturated heterocycles. The SMILES string of the molecule is Nc1nc2c(nc(Sc3ccc(Cl)cc3)n2[C@@H]2O[C@H](CO)C(O)C2O)c(=O)[nH]1. The Morgan fingerprint density at radius 2 is 1.96 bits per heavy atom. The largest absolute Gasteiger partial charge is 0.394 e. The average molecular weight is 426 g/mol. The van der Waals surface area contributed by atoms with Crippen molar-refractivity contribution in [3.05, 3.63) is 39.6 Å². The van der Waals surface area contributed by atoms with Crippen molar-refractivity contribution < 1.29 is 20.1 Å². The molecule has 1 aliphatic heterocycles. The predicted molar refractivity (Wildman–Crippen MR) is 101 cm³/mol. The molecule has 4 atom stereocenters. The van der Waals surface area contributed by atoms with Gasteiger partial charge in [-0.25, -0.2) is 4.98 Å². The van der Waals surface area contributed by atoms with E-state index in [-0.39, 0.29) is 22.3 Å². The second-order valence-electron chi connectivity index (χ2n) is 6.17. The summed E-state index contributed by atoms with van der Waals surface area (Å²) in [6.07, 6.45) is -4.81. The summed E-state index contributed by atoms with van der Waals surface area (Å²) in [5, 5.41) is 30.8. The van der Waals surface area contributed by atoms with Crippen molar-refractivity contribution in [2.24, 2.45) is 0 Å². The van der Waals surface area contributed by atoms with Crippen LogP contribution in [0.3, 0.4) is 0 Å². The number of anilines is 1. The van der Waals surface area contributed by atoms with Gasteiger partial charge in [-0.2, -0.15) is 4.98 Å². The average Bonchev–Trinajstić information content (AvgIpc) is 3.15. The standard InChI is InChI=1S/C16H16ClN5O5S/c17-6-1-3-7(4-2-6)28-16-19-9-12(20-15(18)21-13(9)26)22(16)14-11(25)10(24)8(5-23)27-14/h1-4,8,10-11,14,23-25H,5H2,(H3,18,20,21,26)/t8-,10?,11?,14-/m1/s1. The van der Waals surface area contributed by atoms with Gasteiger partial charge in [0.1, 0.15) is 18.3 Å². The van der Waals surface area contributed by atoms with E-state index < -0.39 is 36.7 Å². The summed E-state index contributed by atoms with van der Waals surface area (Å²) in [6, 6.07) is 6.93. The maximum Gasteiger partial charge on any atom is 0.280 e. The molecule has 1 aliphatic rings. The highest BCUT2D eigenvalue weighted by atomic mass is 35.5. The van der Waals surface area contributed by atoms with Gasteiger partial charge >= 0.3 is 0 Å². The van der Waals surface area contributed by atoms with E-state index in [1.165, 1.54) is 16.3 Å². The van der Waals surface area contributed by atoms with Crippen LogP contribution in [0.1, 0.15) is 6.23 Å². The Bertz CT molecular complexity index is 1070. The minimum absolute atomic E-state index is 0.00315. The Labute approximate surface area is 166 Å². The summed E-state index contributed by atoms with van der Waals surface area (Å²) in [5.74, 6) is -0.131. The Hall–Kier alpha value is -2.15. The number of halogens is 1. The zero-order chi connectivity index (χ0) is 20.0. The van der Waals surface area contributed by atoms with E-state index in [0.29, 0.717) is 5.02 Å². The van der Waals surface area contributed by atoms with Gasteiger partial charge in [-0.15, -0.1) is 0 Å². The number of aromatic amines is 1. The van der Waals surface area contributed by atoms with Crippen LogP contribution in [0.15, 0.2) is 39.1 Å². The van der Waals surface area contributed by atoms with E-state index in [2.05, 4.69) is 15.0 Å². The lowest BCUT2D eigenvalue weighted by Gasteiger charge is -2.19. The molecule has 0 aliphatic carbocycles. The van der Waals surface area contributed by atoms with Crippen LogP contribution in [-0.2, 0) is 4.74 Å². The molecular weight excluding hydrogens is 410 g/mol. The van der Waals surface area contributed by atoms with Gasteiger partial charge in [-0.3, -0.25) is 14.3 Å². The molecule has 0 amide bonds. The lowest BCUT2D eigenvalue weighted by atomic mass is 10.1. The fraction of sp³-hybridized carbons (Fsp3) is 0.312. The third-order valence-electron chi connectivity index (χ3n) is 4.33. The van der Waals surface area contributed by atoms with Crippen LogP contribution in [0.5, 0.6) is 0 Å². The molecule has 28 heavy (non-hydrogen) atoms. The van der Waals surface area contributed by atoms with Crippen LogP contribution in [0.2, 0.25) is 5.02 Å². The fourth-order valence-electron chi connectivity index (χ4n) is 2.98. The summed E-state index contributed by atoms with van der Waals surface area (Å²) in [5.41, 5.74) is 5.21. The number of hydrogen-bond acceptors (Lipinski definition) is 9. The molecule has 1 aromatic carbocycles. The highest BCUT2D eigenvalue weighted by molar-refractivity contribution is 7.99. The van der Waals surface area contributed by atoms with E-state index in [1.54, 1.807) is 24.3 Å². The van der Waals surface area contributed by atoms with Crippen LogP contribution in [0.4, 0.5) is 5.95 Å². The summed E-state index contributed by atoms with van der Waals surface area (Å²) >= 11 is 7.10. The fourth-order valence-corrected chi connectivity index (χ4v) is 4.02. The molecule has 148 valence electrons. The topological polar surface area (TPSA) is 160 Å². The van der Waals surface area contributed by atoms with Gasteiger partial charge < -0.3 is 25.8 Å². The molecule has 1 fully saturated rings. The molecule has 3 heterocycles. The maximum atomic E-state index is 12.3. The molecule has 6 N–H and O–H groups in total. The lowest BCUT2D eigenvalue weighted by Crippen LogP contribution is -2.33. The number of aliphatic hydroxyl groups is 3. The van der Waals surface area contributed by atoms with E-state index in [0.717, 1.165) is 4.90 Å². The first-order valence-corrected chi connectivity index (χ1v) is 9.42. The number of hydrogen-bond donors (Lipinski definition) is 5. The molecule has 0 bridgehead atoms. The molecule has 0 radical (unpaired) electrons. The highest BCUT2D eigenvalue weighted by Crippen LogP contribution is 2.37. The summed E-state index contributed by atoms with van der Waals surface area (Å²) in [4.78, 5) is 23.8. The number of aromatic nitrogens is 4. The van der Waals surface area contributed by atoms with Gasteiger partial charge in [0, 0.05) is 9.92 Å². The minimum atomic E-state index is -1.37. The van der Waals surface area contributed by atoms with Gasteiger partial charge in [0.05, 0.1) is 6.61 Å². The Morgan fingerprint density at radius 1 is 1.25 bits per heavy atom. The highest BCUT2D eigenvalue weighted by Gasteiger charge is 2.45. The van der Waals surface area contributed by atoms with Gasteiger partial charge in [-0.05, 0) is 24.3 Å². The van der Waals surface area contributed by atoms with Gasteiger partial charge in [0.15, 0.2) is 22.5 Å². The van der Waals surface area contributed by atoms with Crippen molar-refractivity contribution >= 4 is 40.5 Å². The van der Waals surface area contributed by atoms with E-state index >= 15 is 0 Å². The van der Waals surface area contributed by atoms with Crippen molar-refractivity contribution in [1.29, 1.82) is 0 Å². The van der Waals surface area contributed by atoms with Crippen molar-refractivity contribution in [3.8, 4) is 0 Å². The molecule has 12 heteroatoms. The molecule has 2 unspecified atom stereocenters. The number of fused-ring (bicyclic) bond motifs is 1. The number of ether oxygens (including phenoxy) is 1. The second-order valence-corrected chi connectivity index (χ2v) is 7.65. The van der Waals surface area contributed by atoms with E-state index in [1.807, 2.05) is 0 Å². The first-order chi connectivity index (χ1) is 13.4. The van der Waals surface area contributed by atoms with E-state index in [9.17, 15) is 20.1 Å². The van der Waals surface area contributed by atoms with Crippen molar-refractivity contribution in [3.63, 3.8) is 0 Å². The van der Waals surface area contributed by atoms with Crippen LogP contribution in [0.25, 0.3) is 11.2 Å². The molecule has 3 aromatic rings. The zero-order valence-corrected chi connectivity index (χ0v) is 15.8. The first-order valence-electron chi connectivity index (χ1n) is 8.22. The minimum Gasteiger partial charge on any atom is -0.394 e. The predicted octanol–water partition coefficient (Wildman–Crippen LogP) is 0.118. The first kappa shape index (κ1) is 19.2. The third-order valence-corrected chi connectivity index (χ3v) is 5.56. The van der Waals surface area contributed by atoms with Gasteiger partial charge in [-0.1, -0.05) is 23.4 Å². The Morgan fingerprint density at radius 3 is 2.61 bits per heavy atom. The summed E-state index contributed by atoms with van der Waals surface area (Å²) < 4.78 is 7.00. The van der Waals surface area contributed by atoms with Crippen LogP contribution in [-0.4, -0.2) is 59.8 Å². The summed E-state index contributed by atoms with van der Waals surface area (Å²) in [7, 11) is 0. The third kappa shape index (κ3) is 3.26. The number of nitrogens with zero attached hydrogens (tertiary/aromatic N) is 3.